The van der Waals surface area contributed by atoms with Crippen LogP contribution in [0.1, 0.15) is 344 Å². The fourth-order valence-corrected chi connectivity index (χ4v) is 11.9. The highest BCUT2D eigenvalue weighted by Crippen LogP contribution is 2.45. The first-order valence-electron chi connectivity index (χ1n) is 35.9. The van der Waals surface area contributed by atoms with E-state index in [1.807, 2.05) is 0 Å². The molecule has 0 aromatic heterocycles. The van der Waals surface area contributed by atoms with Crippen LogP contribution in [0.2, 0.25) is 0 Å². The molecule has 17 nitrogen and oxygen atoms in total. The van der Waals surface area contributed by atoms with Gasteiger partial charge in [-0.25, -0.2) is 9.13 Å². The Morgan fingerprint density at radius 3 is 0.864 bits per heavy atom. The third kappa shape index (κ3) is 61.6. The number of phosphoric acid groups is 2. The zero-order valence-electron chi connectivity index (χ0n) is 57.2. The van der Waals surface area contributed by atoms with Crippen LogP contribution in [0.5, 0.6) is 0 Å². The molecule has 0 heterocycles. The maximum Gasteiger partial charge on any atom is 0.472 e. The zero-order valence-corrected chi connectivity index (χ0v) is 59.0. The number of carbonyl (C=O) groups is 4. The molecule has 0 aromatic rings. The maximum absolute atomic E-state index is 13.0. The highest BCUT2D eigenvalue weighted by atomic mass is 31.2. The molecule has 0 radical (unpaired) electrons. The van der Waals surface area contributed by atoms with Crippen LogP contribution in [0.3, 0.4) is 0 Å². The lowest BCUT2D eigenvalue weighted by Gasteiger charge is -2.21. The van der Waals surface area contributed by atoms with E-state index in [-0.39, 0.29) is 25.7 Å². The third-order valence-corrected chi connectivity index (χ3v) is 18.1. The van der Waals surface area contributed by atoms with E-state index < -0.39 is 97.5 Å². The van der Waals surface area contributed by atoms with Crippen LogP contribution in [0.25, 0.3) is 0 Å². The Morgan fingerprint density at radius 1 is 0.330 bits per heavy atom. The van der Waals surface area contributed by atoms with E-state index >= 15 is 0 Å². The summed E-state index contributed by atoms with van der Waals surface area (Å²) in [6.07, 6.45) is 43.1. The second-order valence-electron chi connectivity index (χ2n) is 26.1. The molecule has 0 aliphatic rings. The first kappa shape index (κ1) is 86.1. The number of esters is 4. The average Bonchev–Trinajstić information content (AvgIpc) is 3.57. The highest BCUT2D eigenvalue weighted by molar-refractivity contribution is 7.47. The minimum atomic E-state index is -4.95. The lowest BCUT2D eigenvalue weighted by Crippen LogP contribution is -2.30. The molecular weight excluding hydrogens is 1160 g/mol. The molecule has 0 rings (SSSR count). The largest absolute Gasteiger partial charge is 0.472 e. The maximum atomic E-state index is 13.0. The number of aliphatic hydroxyl groups excluding tert-OH is 1. The van der Waals surface area contributed by atoms with E-state index in [1.54, 1.807) is 0 Å². The van der Waals surface area contributed by atoms with E-state index in [0.717, 1.165) is 114 Å². The molecule has 6 atom stereocenters. The Balaban J connectivity index is 5.23. The van der Waals surface area contributed by atoms with Crippen LogP contribution in [0.4, 0.5) is 0 Å². The van der Waals surface area contributed by atoms with Gasteiger partial charge in [0.05, 0.1) is 26.4 Å². The number of carbonyl (C=O) groups excluding carboxylic acids is 4. The Labute approximate surface area is 537 Å². The summed E-state index contributed by atoms with van der Waals surface area (Å²) >= 11 is 0. The monoisotopic (exact) mass is 1300 g/mol. The second-order valence-corrected chi connectivity index (χ2v) is 29.0. The van der Waals surface area contributed by atoms with Crippen molar-refractivity contribution in [1.82, 2.24) is 0 Å². The van der Waals surface area contributed by atoms with Crippen LogP contribution < -0.4 is 0 Å². The minimum absolute atomic E-state index is 0.103. The van der Waals surface area contributed by atoms with Gasteiger partial charge in [-0.05, 0) is 43.4 Å². The lowest BCUT2D eigenvalue weighted by molar-refractivity contribution is -0.161. The van der Waals surface area contributed by atoms with Crippen molar-refractivity contribution in [2.24, 2.45) is 17.8 Å². The van der Waals surface area contributed by atoms with Crippen molar-refractivity contribution in [2.45, 2.75) is 362 Å². The molecule has 0 aliphatic carbocycles. The van der Waals surface area contributed by atoms with E-state index in [9.17, 15) is 43.2 Å². The molecule has 0 saturated carbocycles. The number of ether oxygens (including phenoxy) is 4. The Morgan fingerprint density at radius 2 is 0.580 bits per heavy atom. The molecule has 0 amide bonds. The van der Waals surface area contributed by atoms with Crippen molar-refractivity contribution in [3.8, 4) is 0 Å². The van der Waals surface area contributed by atoms with Crippen molar-refractivity contribution in [2.75, 3.05) is 39.6 Å². The first-order chi connectivity index (χ1) is 42.3. The van der Waals surface area contributed by atoms with Crippen LogP contribution in [0, 0.1) is 17.8 Å². The second kappa shape index (κ2) is 60.0. The lowest BCUT2D eigenvalue weighted by atomic mass is 10.00. The minimum Gasteiger partial charge on any atom is -0.462 e. The number of phosphoric ester groups is 2. The molecule has 3 N–H and O–H groups in total. The molecule has 0 spiro atoms. The summed E-state index contributed by atoms with van der Waals surface area (Å²) < 4.78 is 68.2. The van der Waals surface area contributed by atoms with Gasteiger partial charge in [-0.15, -0.1) is 0 Å². The Kier molecular flexibility index (Phi) is 58.7. The average molecular weight is 1300 g/mol. The van der Waals surface area contributed by atoms with Crippen LogP contribution in [-0.2, 0) is 65.4 Å². The van der Waals surface area contributed by atoms with E-state index in [2.05, 4.69) is 48.5 Å². The summed E-state index contributed by atoms with van der Waals surface area (Å²) in [6, 6.07) is 0. The molecule has 0 bridgehead atoms. The highest BCUT2D eigenvalue weighted by Gasteiger charge is 2.30. The molecule has 522 valence electrons. The van der Waals surface area contributed by atoms with Gasteiger partial charge in [0.15, 0.2) is 12.2 Å². The first-order valence-corrected chi connectivity index (χ1v) is 38.9. The number of hydrogen-bond acceptors (Lipinski definition) is 15. The van der Waals surface area contributed by atoms with Gasteiger partial charge in [0, 0.05) is 25.7 Å². The Bertz CT molecular complexity index is 1730. The summed E-state index contributed by atoms with van der Waals surface area (Å²) in [6.45, 7) is 11.8. The third-order valence-electron chi connectivity index (χ3n) is 16.2. The van der Waals surface area contributed by atoms with E-state index in [4.69, 9.17) is 37.0 Å². The summed E-state index contributed by atoms with van der Waals surface area (Å²) in [4.78, 5) is 72.4. The summed E-state index contributed by atoms with van der Waals surface area (Å²) in [7, 11) is -9.90. The fraction of sp³-hybridized carbons (Fsp3) is 0.942. The summed E-state index contributed by atoms with van der Waals surface area (Å²) in [5.74, 6) is 0.147. The number of hydrogen-bond donors (Lipinski definition) is 3. The molecule has 88 heavy (non-hydrogen) atoms. The van der Waals surface area contributed by atoms with Gasteiger partial charge in [-0.2, -0.15) is 0 Å². The molecule has 0 saturated heterocycles. The molecule has 0 aliphatic heterocycles. The summed E-state index contributed by atoms with van der Waals surface area (Å²) in [5, 5.41) is 10.6. The quantitative estimate of drug-likeness (QED) is 0.0222. The molecule has 0 aromatic carbocycles. The van der Waals surface area contributed by atoms with Gasteiger partial charge in [0.25, 0.3) is 0 Å². The fourth-order valence-electron chi connectivity index (χ4n) is 10.3. The van der Waals surface area contributed by atoms with Gasteiger partial charge in [0.2, 0.25) is 0 Å². The smallest absolute Gasteiger partial charge is 0.462 e. The van der Waals surface area contributed by atoms with Crippen molar-refractivity contribution < 1.29 is 80.2 Å². The van der Waals surface area contributed by atoms with Crippen molar-refractivity contribution >= 4 is 39.5 Å². The van der Waals surface area contributed by atoms with Gasteiger partial charge in [0.1, 0.15) is 19.3 Å². The van der Waals surface area contributed by atoms with Gasteiger partial charge in [-0.3, -0.25) is 37.3 Å². The number of aliphatic hydroxyl groups is 1. The predicted molar refractivity (Wildman–Crippen MR) is 354 cm³/mol. The van der Waals surface area contributed by atoms with Gasteiger partial charge < -0.3 is 33.8 Å². The van der Waals surface area contributed by atoms with Gasteiger partial charge >= 0.3 is 39.5 Å². The van der Waals surface area contributed by atoms with E-state index in [1.165, 1.54) is 148 Å². The molecule has 3 unspecified atom stereocenters. The Hall–Kier alpha value is -1.94. The van der Waals surface area contributed by atoms with Crippen LogP contribution in [0.15, 0.2) is 0 Å². The van der Waals surface area contributed by atoms with Crippen molar-refractivity contribution in [3.63, 3.8) is 0 Å². The van der Waals surface area contributed by atoms with E-state index in [0.29, 0.717) is 25.7 Å². The van der Waals surface area contributed by atoms with Crippen LogP contribution >= 0.6 is 15.6 Å². The van der Waals surface area contributed by atoms with Crippen molar-refractivity contribution in [1.29, 1.82) is 0 Å². The number of rotatable bonds is 67. The molecule has 19 heteroatoms. The number of unbranched alkanes of at least 4 members (excludes halogenated alkanes) is 34. The van der Waals surface area contributed by atoms with Gasteiger partial charge in [-0.1, -0.05) is 292 Å². The SMILES string of the molecule is CCCCCCCCCCC(=O)OC[C@H](COP(=O)(O)OC[C@H](O)COP(=O)(O)OC[C@@H](COC(=O)CCCCCCCCCCCCCCC(C)C)OC(=O)CCCCCCCCCCCCCCC(C)C)OC(=O)CCCCCCCCC(C)CC. The summed E-state index contributed by atoms with van der Waals surface area (Å²) in [5.41, 5.74) is 0. The normalized spacial score (nSPS) is 14.5. The standard InChI is InChI=1S/C69H134O17P2/c1-8-10-11-12-13-28-36-43-50-66(71)79-57-65(86-69(74)53-46-39-32-31-35-42-49-62(7)9-2)59-84-88(77,78)82-55-63(70)54-81-87(75,76)83-58-64(85-68(73)52-45-38-30-25-21-17-15-19-23-27-34-41-48-61(5)6)56-80-67(72)51-44-37-29-24-20-16-14-18-22-26-33-40-47-60(3)4/h60-65,70H,8-59H2,1-7H3,(H,75,76)(H,77,78)/t62?,63-,64-,65-/m1/s1. The molecular formula is C69H134O17P2. The molecule has 0 fully saturated rings. The topological polar surface area (TPSA) is 237 Å². The zero-order chi connectivity index (χ0) is 65.2. The van der Waals surface area contributed by atoms with Crippen LogP contribution in [-0.4, -0.2) is 96.7 Å². The predicted octanol–water partition coefficient (Wildman–Crippen LogP) is 19.5. The van der Waals surface area contributed by atoms with Crippen molar-refractivity contribution in [3.05, 3.63) is 0 Å².